The maximum atomic E-state index is 12.2. The van der Waals surface area contributed by atoms with Crippen molar-refractivity contribution in [3.63, 3.8) is 0 Å². The average molecular weight is 271 g/mol. The summed E-state index contributed by atoms with van der Waals surface area (Å²) in [5.74, 6) is 1.36. The van der Waals surface area contributed by atoms with Crippen LogP contribution in [0.1, 0.15) is 16.1 Å². The van der Waals surface area contributed by atoms with Gasteiger partial charge in [-0.15, -0.1) is 0 Å². The normalized spacial score (nSPS) is 15.4. The van der Waals surface area contributed by atoms with Gasteiger partial charge in [0.05, 0.1) is 6.26 Å². The molecule has 0 bridgehead atoms. The minimum absolute atomic E-state index is 0.0353. The maximum absolute atomic E-state index is 12.2. The molecule has 1 amide bonds. The largest absolute Gasteiger partial charge is 0.459 e. The van der Waals surface area contributed by atoms with E-state index in [-0.39, 0.29) is 5.91 Å². The van der Waals surface area contributed by atoms with Crippen LogP contribution in [0.4, 0.5) is 5.82 Å². The van der Waals surface area contributed by atoms with Crippen LogP contribution in [0.2, 0.25) is 0 Å². The predicted molar refractivity (Wildman–Crippen MR) is 75.8 cm³/mol. The molecule has 5 nitrogen and oxygen atoms in total. The Balaban J connectivity index is 1.64. The van der Waals surface area contributed by atoms with Gasteiger partial charge in [0.1, 0.15) is 5.82 Å². The standard InChI is InChI=1S/C15H17N3O2/c1-12-4-5-16-14(11-12)17-6-8-18(9-7-17)15(19)13-3-2-10-20-13/h2-5,10-11H,6-9H2,1H3. The van der Waals surface area contributed by atoms with E-state index in [0.29, 0.717) is 18.8 Å². The van der Waals surface area contributed by atoms with Crippen LogP contribution >= 0.6 is 0 Å². The second-order valence-electron chi connectivity index (χ2n) is 4.95. The van der Waals surface area contributed by atoms with E-state index in [9.17, 15) is 4.79 Å². The summed E-state index contributed by atoms with van der Waals surface area (Å²) in [6.07, 6.45) is 3.35. The van der Waals surface area contributed by atoms with Crippen LogP contribution in [0.15, 0.2) is 41.1 Å². The van der Waals surface area contributed by atoms with Gasteiger partial charge in [-0.05, 0) is 36.8 Å². The smallest absolute Gasteiger partial charge is 0.289 e. The second kappa shape index (κ2) is 5.36. The van der Waals surface area contributed by atoms with Gasteiger partial charge in [-0.1, -0.05) is 0 Å². The molecule has 1 fully saturated rings. The molecule has 2 aromatic heterocycles. The number of amides is 1. The molecule has 2 aromatic rings. The highest BCUT2D eigenvalue weighted by Gasteiger charge is 2.24. The van der Waals surface area contributed by atoms with Crippen LogP contribution < -0.4 is 4.90 Å². The number of carbonyl (C=O) groups excluding carboxylic acids is 1. The summed E-state index contributed by atoms with van der Waals surface area (Å²) in [7, 11) is 0. The molecule has 3 rings (SSSR count). The lowest BCUT2D eigenvalue weighted by Gasteiger charge is -2.35. The van der Waals surface area contributed by atoms with Gasteiger partial charge in [0.2, 0.25) is 0 Å². The van der Waals surface area contributed by atoms with Crippen molar-refractivity contribution in [2.45, 2.75) is 6.92 Å². The monoisotopic (exact) mass is 271 g/mol. The SMILES string of the molecule is Cc1ccnc(N2CCN(C(=O)c3ccco3)CC2)c1. The van der Waals surface area contributed by atoms with Gasteiger partial charge in [0.25, 0.3) is 5.91 Å². The van der Waals surface area contributed by atoms with Crippen LogP contribution in [-0.2, 0) is 0 Å². The third-order valence-electron chi connectivity index (χ3n) is 3.52. The van der Waals surface area contributed by atoms with Crippen molar-refractivity contribution in [1.82, 2.24) is 9.88 Å². The summed E-state index contributed by atoms with van der Waals surface area (Å²) in [5.41, 5.74) is 1.20. The van der Waals surface area contributed by atoms with E-state index in [1.54, 1.807) is 12.1 Å². The number of hydrogen-bond donors (Lipinski definition) is 0. The van der Waals surface area contributed by atoms with Crippen molar-refractivity contribution in [3.05, 3.63) is 48.0 Å². The van der Waals surface area contributed by atoms with Crippen molar-refractivity contribution < 1.29 is 9.21 Å². The first-order valence-corrected chi connectivity index (χ1v) is 6.74. The summed E-state index contributed by atoms with van der Waals surface area (Å²) < 4.78 is 5.16. The summed E-state index contributed by atoms with van der Waals surface area (Å²) in [6, 6.07) is 7.50. The molecule has 0 spiro atoms. The Morgan fingerprint density at radius 3 is 2.70 bits per heavy atom. The highest BCUT2D eigenvalue weighted by molar-refractivity contribution is 5.91. The Morgan fingerprint density at radius 2 is 2.05 bits per heavy atom. The molecule has 0 atom stereocenters. The fourth-order valence-electron chi connectivity index (χ4n) is 2.39. The van der Waals surface area contributed by atoms with E-state index in [1.807, 2.05) is 17.2 Å². The molecule has 3 heterocycles. The molecule has 0 radical (unpaired) electrons. The van der Waals surface area contributed by atoms with E-state index in [0.717, 1.165) is 18.9 Å². The number of pyridine rings is 1. The van der Waals surface area contributed by atoms with E-state index in [2.05, 4.69) is 22.9 Å². The third kappa shape index (κ3) is 2.52. The number of aryl methyl sites for hydroxylation is 1. The number of hydrogen-bond acceptors (Lipinski definition) is 4. The fraction of sp³-hybridized carbons (Fsp3) is 0.333. The molecule has 1 aliphatic heterocycles. The molecule has 1 saturated heterocycles. The van der Waals surface area contributed by atoms with Gasteiger partial charge in [-0.25, -0.2) is 4.98 Å². The van der Waals surface area contributed by atoms with Gasteiger partial charge >= 0.3 is 0 Å². The quantitative estimate of drug-likeness (QED) is 0.837. The lowest BCUT2D eigenvalue weighted by atomic mass is 10.2. The van der Waals surface area contributed by atoms with E-state index in [1.165, 1.54) is 11.8 Å². The van der Waals surface area contributed by atoms with Crippen molar-refractivity contribution in [1.29, 1.82) is 0 Å². The minimum Gasteiger partial charge on any atom is -0.459 e. The van der Waals surface area contributed by atoms with Gasteiger partial charge in [0.15, 0.2) is 5.76 Å². The first-order chi connectivity index (χ1) is 9.74. The Morgan fingerprint density at radius 1 is 1.25 bits per heavy atom. The second-order valence-corrected chi connectivity index (χ2v) is 4.95. The highest BCUT2D eigenvalue weighted by atomic mass is 16.3. The predicted octanol–water partition coefficient (Wildman–Crippen LogP) is 1.95. The Labute approximate surface area is 117 Å². The maximum Gasteiger partial charge on any atom is 0.289 e. The van der Waals surface area contributed by atoms with E-state index >= 15 is 0 Å². The van der Waals surface area contributed by atoms with Crippen molar-refractivity contribution in [2.24, 2.45) is 0 Å². The Kier molecular flexibility index (Phi) is 3.41. The van der Waals surface area contributed by atoms with Gasteiger partial charge in [-0.3, -0.25) is 4.79 Å². The number of nitrogens with zero attached hydrogens (tertiary/aromatic N) is 3. The molecule has 0 aliphatic carbocycles. The number of piperazine rings is 1. The zero-order valence-corrected chi connectivity index (χ0v) is 11.5. The molecule has 0 unspecified atom stereocenters. The van der Waals surface area contributed by atoms with Gasteiger partial charge in [-0.2, -0.15) is 0 Å². The molecule has 20 heavy (non-hydrogen) atoms. The lowest BCUT2D eigenvalue weighted by molar-refractivity contribution is 0.0714. The molecule has 5 heteroatoms. The van der Waals surface area contributed by atoms with Crippen molar-refractivity contribution in [3.8, 4) is 0 Å². The zero-order valence-electron chi connectivity index (χ0n) is 11.5. The van der Waals surface area contributed by atoms with Crippen molar-refractivity contribution >= 4 is 11.7 Å². The van der Waals surface area contributed by atoms with E-state index in [4.69, 9.17) is 4.42 Å². The molecule has 104 valence electrons. The lowest BCUT2D eigenvalue weighted by Crippen LogP contribution is -2.49. The molecule has 1 aliphatic rings. The third-order valence-corrected chi connectivity index (χ3v) is 3.52. The number of carbonyl (C=O) groups is 1. The number of anilines is 1. The topological polar surface area (TPSA) is 49.6 Å². The molecule has 0 aromatic carbocycles. The molecule has 0 N–H and O–H groups in total. The average Bonchev–Trinajstić information content (AvgIpc) is 3.01. The first-order valence-electron chi connectivity index (χ1n) is 6.74. The highest BCUT2D eigenvalue weighted by Crippen LogP contribution is 2.16. The molecular formula is C15H17N3O2. The summed E-state index contributed by atoms with van der Waals surface area (Å²) in [6.45, 7) is 5.03. The summed E-state index contributed by atoms with van der Waals surface area (Å²) in [4.78, 5) is 20.6. The van der Waals surface area contributed by atoms with Crippen LogP contribution in [0.25, 0.3) is 0 Å². The number of aromatic nitrogens is 1. The van der Waals surface area contributed by atoms with Crippen LogP contribution in [-0.4, -0.2) is 42.0 Å². The van der Waals surface area contributed by atoms with Crippen LogP contribution in [0.5, 0.6) is 0 Å². The van der Waals surface area contributed by atoms with Gasteiger partial charge < -0.3 is 14.2 Å². The zero-order chi connectivity index (χ0) is 13.9. The number of furan rings is 1. The summed E-state index contributed by atoms with van der Waals surface area (Å²) in [5, 5.41) is 0. The van der Waals surface area contributed by atoms with Gasteiger partial charge in [0, 0.05) is 32.4 Å². The number of rotatable bonds is 2. The van der Waals surface area contributed by atoms with E-state index < -0.39 is 0 Å². The molecular weight excluding hydrogens is 254 g/mol. The first kappa shape index (κ1) is 12.7. The summed E-state index contributed by atoms with van der Waals surface area (Å²) >= 11 is 0. The van der Waals surface area contributed by atoms with Crippen molar-refractivity contribution in [2.75, 3.05) is 31.1 Å². The molecule has 0 saturated carbocycles. The van der Waals surface area contributed by atoms with Crippen LogP contribution in [0, 0.1) is 6.92 Å². The Hall–Kier alpha value is -2.30. The minimum atomic E-state index is -0.0353. The van der Waals surface area contributed by atoms with Crippen LogP contribution in [0.3, 0.4) is 0 Å². The Bertz CT molecular complexity index is 587. The fourth-order valence-corrected chi connectivity index (χ4v) is 2.39.